The lowest BCUT2D eigenvalue weighted by Gasteiger charge is -2.10. The van der Waals surface area contributed by atoms with E-state index in [1.807, 2.05) is 50.3 Å². The van der Waals surface area contributed by atoms with Gasteiger partial charge in [-0.25, -0.2) is 4.79 Å². The van der Waals surface area contributed by atoms with Gasteiger partial charge in [-0.05, 0) is 37.1 Å². The van der Waals surface area contributed by atoms with Crippen molar-refractivity contribution >= 4 is 22.6 Å². The molecule has 0 saturated carbocycles. The van der Waals surface area contributed by atoms with Gasteiger partial charge in [0.2, 0.25) is 0 Å². The van der Waals surface area contributed by atoms with Gasteiger partial charge >= 0.3 is 5.63 Å². The van der Waals surface area contributed by atoms with Crippen molar-refractivity contribution < 1.29 is 9.15 Å². The summed E-state index contributed by atoms with van der Waals surface area (Å²) in [7, 11) is 0. The normalized spacial score (nSPS) is 10.6. The van der Waals surface area contributed by atoms with Crippen LogP contribution in [-0.4, -0.2) is 6.61 Å². The lowest BCUT2D eigenvalue weighted by atomic mass is 10.0. The first kappa shape index (κ1) is 16.3. The van der Waals surface area contributed by atoms with Crippen LogP contribution in [0.15, 0.2) is 69.4 Å². The molecule has 0 radical (unpaired) electrons. The van der Waals surface area contributed by atoms with E-state index < -0.39 is 5.63 Å². The van der Waals surface area contributed by atoms with Crippen molar-refractivity contribution in [1.29, 1.82) is 0 Å². The molecule has 1 heterocycles. The van der Waals surface area contributed by atoms with E-state index in [0.29, 0.717) is 23.0 Å². The number of fused-ring (bicyclic) bond motifs is 1. The predicted octanol–water partition coefficient (Wildman–Crippen LogP) is 5.46. The number of hydrogen-bond acceptors (Lipinski definition) is 3. The molecule has 1 aromatic heterocycles. The maximum absolute atomic E-state index is 11.9. The fourth-order valence-corrected chi connectivity index (χ4v) is 2.65. The van der Waals surface area contributed by atoms with Crippen molar-refractivity contribution in [3.63, 3.8) is 0 Å². The van der Waals surface area contributed by atoms with Gasteiger partial charge in [-0.1, -0.05) is 47.5 Å². The lowest BCUT2D eigenvalue weighted by Crippen LogP contribution is -2.00. The number of ether oxygens (including phenoxy) is 1. The minimum absolute atomic E-state index is 0.404. The molecule has 0 amide bonds. The Hall–Kier alpha value is -2.52. The van der Waals surface area contributed by atoms with Crippen LogP contribution in [0.3, 0.4) is 0 Å². The first-order chi connectivity index (χ1) is 11.5. The van der Waals surface area contributed by atoms with Crippen molar-refractivity contribution in [3.8, 4) is 16.9 Å². The van der Waals surface area contributed by atoms with Crippen molar-refractivity contribution in [3.05, 3.63) is 75.6 Å². The third-order valence-corrected chi connectivity index (χ3v) is 3.91. The summed E-state index contributed by atoms with van der Waals surface area (Å²) in [6.07, 6.45) is 1.96. The highest BCUT2D eigenvalue weighted by Gasteiger charge is 2.12. The fraction of sp³-hybridized carbons (Fsp3) is 0.150. The second-order valence-corrected chi connectivity index (χ2v) is 6.12. The Balaban J connectivity index is 2.11. The molecule has 0 atom stereocenters. The zero-order valence-electron chi connectivity index (χ0n) is 13.5. The van der Waals surface area contributed by atoms with Gasteiger partial charge in [0.15, 0.2) is 0 Å². The average Bonchev–Trinajstić information content (AvgIpc) is 2.55. The summed E-state index contributed by atoms with van der Waals surface area (Å²) < 4.78 is 11.0. The maximum atomic E-state index is 11.9. The van der Waals surface area contributed by atoms with E-state index in [4.69, 9.17) is 20.8 Å². The lowest BCUT2D eigenvalue weighted by molar-refractivity contribution is 0.362. The molecule has 0 unspecified atom stereocenters. The molecule has 3 nitrogen and oxygen atoms in total. The van der Waals surface area contributed by atoms with Crippen molar-refractivity contribution in [1.82, 2.24) is 0 Å². The summed E-state index contributed by atoms with van der Waals surface area (Å²) in [6.45, 7) is 4.41. The molecule has 0 aliphatic heterocycles. The Morgan fingerprint density at radius 3 is 2.62 bits per heavy atom. The van der Waals surface area contributed by atoms with E-state index >= 15 is 0 Å². The topological polar surface area (TPSA) is 39.4 Å². The Bertz CT molecular complexity index is 952. The third-order valence-electron chi connectivity index (χ3n) is 3.61. The van der Waals surface area contributed by atoms with Gasteiger partial charge in [0.05, 0.1) is 5.02 Å². The van der Waals surface area contributed by atoms with Crippen LogP contribution < -0.4 is 10.4 Å². The highest BCUT2D eigenvalue weighted by atomic mass is 35.5. The van der Waals surface area contributed by atoms with Gasteiger partial charge < -0.3 is 9.15 Å². The molecule has 2 aromatic carbocycles. The van der Waals surface area contributed by atoms with Gasteiger partial charge in [0.25, 0.3) is 0 Å². The van der Waals surface area contributed by atoms with Crippen LogP contribution in [-0.2, 0) is 0 Å². The van der Waals surface area contributed by atoms with E-state index in [9.17, 15) is 4.79 Å². The molecule has 0 spiro atoms. The summed E-state index contributed by atoms with van der Waals surface area (Å²) in [6, 6.07) is 14.6. The molecule has 4 heteroatoms. The molecule has 0 aliphatic carbocycles. The minimum Gasteiger partial charge on any atom is -0.488 e. The van der Waals surface area contributed by atoms with Gasteiger partial charge in [-0.2, -0.15) is 0 Å². The molecule has 0 bridgehead atoms. The highest BCUT2D eigenvalue weighted by molar-refractivity contribution is 6.33. The largest absolute Gasteiger partial charge is 0.488 e. The maximum Gasteiger partial charge on any atom is 0.336 e. The Kier molecular flexibility index (Phi) is 4.72. The average molecular weight is 341 g/mol. The summed E-state index contributed by atoms with van der Waals surface area (Å²) in [5, 5.41) is 1.26. The van der Waals surface area contributed by atoms with Crippen molar-refractivity contribution in [2.24, 2.45) is 0 Å². The van der Waals surface area contributed by atoms with E-state index in [-0.39, 0.29) is 0 Å². The minimum atomic E-state index is -0.404. The standard InChI is InChI=1S/C20H17ClO3/c1-13(2)8-9-23-19-12-18-16(10-17(19)21)15(11-20(22)24-18)14-6-4-3-5-7-14/h3-8,10-12H,9H2,1-2H3. The van der Waals surface area contributed by atoms with Crippen molar-refractivity contribution in [2.45, 2.75) is 13.8 Å². The number of allylic oxidation sites excluding steroid dienone is 1. The Morgan fingerprint density at radius 1 is 1.17 bits per heavy atom. The summed E-state index contributed by atoms with van der Waals surface area (Å²) in [4.78, 5) is 11.9. The van der Waals surface area contributed by atoms with Gasteiger partial charge in [-0.3, -0.25) is 0 Å². The summed E-state index contributed by atoms with van der Waals surface area (Å²) in [5.41, 5.74) is 2.94. The summed E-state index contributed by atoms with van der Waals surface area (Å²) in [5.74, 6) is 0.495. The molecular weight excluding hydrogens is 324 g/mol. The Morgan fingerprint density at radius 2 is 1.92 bits per heavy atom. The first-order valence-electron chi connectivity index (χ1n) is 7.63. The molecule has 0 saturated heterocycles. The third kappa shape index (κ3) is 3.52. The van der Waals surface area contributed by atoms with E-state index in [1.165, 1.54) is 6.07 Å². The van der Waals surface area contributed by atoms with E-state index in [0.717, 1.165) is 22.1 Å². The SMILES string of the molecule is CC(C)=CCOc1cc2oc(=O)cc(-c3ccccc3)c2cc1Cl. The van der Waals surface area contributed by atoms with Crippen LogP contribution in [0, 0.1) is 0 Å². The number of benzene rings is 2. The van der Waals surface area contributed by atoms with Crippen molar-refractivity contribution in [2.75, 3.05) is 6.61 Å². The number of rotatable bonds is 4. The molecule has 3 rings (SSSR count). The smallest absolute Gasteiger partial charge is 0.336 e. The second-order valence-electron chi connectivity index (χ2n) is 5.72. The van der Waals surface area contributed by atoms with Crippen LogP contribution in [0.4, 0.5) is 0 Å². The zero-order valence-corrected chi connectivity index (χ0v) is 14.3. The van der Waals surface area contributed by atoms with Crippen LogP contribution in [0.25, 0.3) is 22.1 Å². The van der Waals surface area contributed by atoms with Crippen LogP contribution in [0.5, 0.6) is 5.75 Å². The van der Waals surface area contributed by atoms with Crippen LogP contribution in [0.2, 0.25) is 5.02 Å². The molecule has 24 heavy (non-hydrogen) atoms. The first-order valence-corrected chi connectivity index (χ1v) is 8.01. The number of hydrogen-bond donors (Lipinski definition) is 0. The van der Waals surface area contributed by atoms with Gasteiger partial charge in [0, 0.05) is 17.5 Å². The monoisotopic (exact) mass is 340 g/mol. The molecule has 0 aliphatic rings. The highest BCUT2D eigenvalue weighted by Crippen LogP contribution is 2.34. The second kappa shape index (κ2) is 6.93. The predicted molar refractivity (Wildman–Crippen MR) is 97.9 cm³/mol. The molecule has 122 valence electrons. The zero-order chi connectivity index (χ0) is 17.1. The molecular formula is C20H17ClO3. The van der Waals surface area contributed by atoms with E-state index in [2.05, 4.69) is 0 Å². The summed E-state index contributed by atoms with van der Waals surface area (Å²) >= 11 is 6.35. The van der Waals surface area contributed by atoms with Crippen LogP contribution >= 0.6 is 11.6 Å². The fourth-order valence-electron chi connectivity index (χ4n) is 2.43. The van der Waals surface area contributed by atoms with Gasteiger partial charge in [0.1, 0.15) is 17.9 Å². The van der Waals surface area contributed by atoms with Gasteiger partial charge in [-0.15, -0.1) is 0 Å². The van der Waals surface area contributed by atoms with E-state index in [1.54, 1.807) is 12.1 Å². The molecule has 0 fully saturated rings. The number of halogens is 1. The van der Waals surface area contributed by atoms with Crippen LogP contribution in [0.1, 0.15) is 13.8 Å². The quantitative estimate of drug-likeness (QED) is 0.467. The molecule has 0 N–H and O–H groups in total. The molecule has 3 aromatic rings. The Labute approximate surface area is 145 Å².